The van der Waals surface area contributed by atoms with Gasteiger partial charge >= 0.3 is 0 Å². The smallest absolute Gasteiger partial charge is 0.146 e. The fourth-order valence-corrected chi connectivity index (χ4v) is 5.36. The molecule has 0 aliphatic heterocycles. The van der Waals surface area contributed by atoms with Crippen LogP contribution in [0.15, 0.2) is 0 Å². The van der Waals surface area contributed by atoms with Crippen molar-refractivity contribution in [2.75, 3.05) is 0 Å². The van der Waals surface area contributed by atoms with Crippen LogP contribution < -0.4 is 5.73 Å². The fourth-order valence-electron chi connectivity index (χ4n) is 5.36. The number of aromatic nitrogens is 3. The van der Waals surface area contributed by atoms with Gasteiger partial charge in [-0.05, 0) is 68.6 Å². The highest BCUT2D eigenvalue weighted by atomic mass is 15.0. The maximum absolute atomic E-state index is 5.68. The molecule has 1 aromatic heterocycles. The number of rotatable bonds is 3. The highest BCUT2D eigenvalue weighted by Crippen LogP contribution is 2.57. The van der Waals surface area contributed by atoms with Gasteiger partial charge in [0.2, 0.25) is 0 Å². The van der Waals surface area contributed by atoms with Crippen molar-refractivity contribution in [1.82, 2.24) is 15.0 Å². The molecule has 1 heterocycles. The number of aryl methyl sites for hydroxylation is 1. The average molecular weight is 272 g/mol. The zero-order valence-corrected chi connectivity index (χ0v) is 12.3. The number of nitrogens with zero attached hydrogens (tertiary/aromatic N) is 3. The molecular weight excluding hydrogens is 248 g/mol. The molecule has 20 heavy (non-hydrogen) atoms. The largest absolute Gasteiger partial charge is 0.324 e. The summed E-state index contributed by atoms with van der Waals surface area (Å²) in [7, 11) is 0. The molecule has 4 nitrogen and oxygen atoms in total. The Morgan fingerprint density at radius 1 is 0.900 bits per heavy atom. The van der Waals surface area contributed by atoms with Crippen LogP contribution in [0.3, 0.4) is 0 Å². The Bertz CT molecular complexity index is 485. The van der Waals surface area contributed by atoms with Crippen molar-refractivity contribution in [2.45, 2.75) is 52.0 Å². The van der Waals surface area contributed by atoms with Crippen LogP contribution in [0, 0.1) is 36.5 Å². The Balaban J connectivity index is 1.55. The Hall–Kier alpha value is -1.03. The van der Waals surface area contributed by atoms with Crippen LogP contribution in [0.5, 0.6) is 0 Å². The van der Waals surface area contributed by atoms with Gasteiger partial charge in [0.15, 0.2) is 0 Å². The van der Waals surface area contributed by atoms with E-state index >= 15 is 0 Å². The molecule has 0 amide bonds. The van der Waals surface area contributed by atoms with Crippen molar-refractivity contribution in [1.29, 1.82) is 0 Å². The summed E-state index contributed by atoms with van der Waals surface area (Å²) in [5.41, 5.74) is 5.68. The standard InChI is InChI=1S/C16H24N4/c1-9-18-15(20-16(8-17)19-9)7-14-12-3-10-2-11(5-12)6-13(14)4-10/h10-14H,2-8,17H2,1H3. The van der Waals surface area contributed by atoms with E-state index in [1.165, 1.54) is 32.1 Å². The molecule has 0 saturated heterocycles. The predicted molar refractivity (Wildman–Crippen MR) is 76.7 cm³/mol. The van der Waals surface area contributed by atoms with E-state index in [-0.39, 0.29) is 0 Å². The predicted octanol–water partition coefficient (Wildman–Crippen LogP) is 2.25. The van der Waals surface area contributed by atoms with E-state index in [9.17, 15) is 0 Å². The van der Waals surface area contributed by atoms with Crippen molar-refractivity contribution in [3.05, 3.63) is 17.5 Å². The summed E-state index contributed by atoms with van der Waals surface area (Å²) in [5, 5.41) is 0. The monoisotopic (exact) mass is 272 g/mol. The van der Waals surface area contributed by atoms with Gasteiger partial charge in [-0.1, -0.05) is 0 Å². The lowest BCUT2D eigenvalue weighted by Gasteiger charge is -2.54. The van der Waals surface area contributed by atoms with Gasteiger partial charge in [-0.2, -0.15) is 0 Å². The first-order chi connectivity index (χ1) is 9.71. The first-order valence-electron chi connectivity index (χ1n) is 8.11. The molecule has 108 valence electrons. The van der Waals surface area contributed by atoms with Gasteiger partial charge in [0, 0.05) is 6.42 Å². The summed E-state index contributed by atoms with van der Waals surface area (Å²) in [6, 6.07) is 0. The summed E-state index contributed by atoms with van der Waals surface area (Å²) in [6.07, 6.45) is 8.42. The summed E-state index contributed by atoms with van der Waals surface area (Å²) < 4.78 is 0. The van der Waals surface area contributed by atoms with Gasteiger partial charge in [0.25, 0.3) is 0 Å². The van der Waals surface area contributed by atoms with Crippen molar-refractivity contribution in [2.24, 2.45) is 35.3 Å². The molecule has 0 radical (unpaired) electrons. The molecule has 4 bridgehead atoms. The minimum absolute atomic E-state index is 0.415. The van der Waals surface area contributed by atoms with Gasteiger partial charge in [-0.15, -0.1) is 0 Å². The lowest BCUT2D eigenvalue weighted by molar-refractivity contribution is -0.0367. The Morgan fingerprint density at radius 3 is 2.10 bits per heavy atom. The lowest BCUT2D eigenvalue weighted by atomic mass is 9.51. The molecule has 0 unspecified atom stereocenters. The molecule has 1 aromatic rings. The van der Waals surface area contributed by atoms with Gasteiger partial charge in [-0.25, -0.2) is 15.0 Å². The Morgan fingerprint density at radius 2 is 1.50 bits per heavy atom. The van der Waals surface area contributed by atoms with Gasteiger partial charge in [0.1, 0.15) is 17.5 Å². The van der Waals surface area contributed by atoms with Crippen LogP contribution in [0.1, 0.15) is 49.6 Å². The molecule has 4 fully saturated rings. The lowest BCUT2D eigenvalue weighted by Crippen LogP contribution is -2.46. The zero-order chi connectivity index (χ0) is 13.7. The number of hydrogen-bond donors (Lipinski definition) is 1. The molecule has 4 saturated carbocycles. The van der Waals surface area contributed by atoms with E-state index in [1.807, 2.05) is 6.92 Å². The molecule has 0 spiro atoms. The van der Waals surface area contributed by atoms with Crippen molar-refractivity contribution < 1.29 is 0 Å². The van der Waals surface area contributed by atoms with Gasteiger partial charge < -0.3 is 5.73 Å². The second-order valence-electron chi connectivity index (χ2n) is 7.22. The van der Waals surface area contributed by atoms with E-state index in [4.69, 9.17) is 5.73 Å². The molecule has 4 aliphatic carbocycles. The third kappa shape index (κ3) is 2.14. The van der Waals surface area contributed by atoms with E-state index in [2.05, 4.69) is 15.0 Å². The number of nitrogens with two attached hydrogens (primary N) is 1. The second kappa shape index (κ2) is 4.76. The molecule has 5 rings (SSSR count). The minimum atomic E-state index is 0.415. The average Bonchev–Trinajstić information content (AvgIpc) is 2.41. The normalized spacial score (nSPS) is 38.4. The van der Waals surface area contributed by atoms with Crippen LogP contribution in [0.25, 0.3) is 0 Å². The second-order valence-corrected chi connectivity index (χ2v) is 7.22. The molecule has 4 heteroatoms. The molecule has 4 aliphatic rings. The van der Waals surface area contributed by atoms with Crippen LogP contribution in [0.4, 0.5) is 0 Å². The highest BCUT2D eigenvalue weighted by Gasteiger charge is 2.48. The number of hydrogen-bond acceptors (Lipinski definition) is 4. The van der Waals surface area contributed by atoms with Gasteiger partial charge in [-0.3, -0.25) is 0 Å². The van der Waals surface area contributed by atoms with Crippen molar-refractivity contribution >= 4 is 0 Å². The fraction of sp³-hybridized carbons (Fsp3) is 0.812. The van der Waals surface area contributed by atoms with E-state index < -0.39 is 0 Å². The third-order valence-electron chi connectivity index (χ3n) is 5.86. The summed E-state index contributed by atoms with van der Waals surface area (Å²) >= 11 is 0. The zero-order valence-electron chi connectivity index (χ0n) is 12.3. The van der Waals surface area contributed by atoms with E-state index in [1.54, 1.807) is 0 Å². The van der Waals surface area contributed by atoms with Crippen molar-refractivity contribution in [3.63, 3.8) is 0 Å². The van der Waals surface area contributed by atoms with Crippen LogP contribution in [-0.2, 0) is 13.0 Å². The molecule has 0 atom stereocenters. The van der Waals surface area contributed by atoms with Crippen molar-refractivity contribution in [3.8, 4) is 0 Å². The molecular formula is C16H24N4. The molecule has 0 aromatic carbocycles. The van der Waals surface area contributed by atoms with Crippen LogP contribution in [0.2, 0.25) is 0 Å². The Labute approximate surface area is 120 Å². The SMILES string of the molecule is Cc1nc(CN)nc(CC2C3CC4CC(C3)CC2C4)n1. The quantitative estimate of drug-likeness (QED) is 0.916. The van der Waals surface area contributed by atoms with Gasteiger partial charge in [0.05, 0.1) is 6.54 Å². The minimum Gasteiger partial charge on any atom is -0.324 e. The molecule has 2 N–H and O–H groups in total. The van der Waals surface area contributed by atoms with Crippen LogP contribution >= 0.6 is 0 Å². The summed E-state index contributed by atoms with van der Waals surface area (Å²) in [5.74, 6) is 7.30. The first kappa shape index (κ1) is 12.7. The maximum Gasteiger partial charge on any atom is 0.146 e. The summed E-state index contributed by atoms with van der Waals surface area (Å²) in [6.45, 7) is 2.36. The van der Waals surface area contributed by atoms with E-state index in [0.717, 1.165) is 53.5 Å². The topological polar surface area (TPSA) is 64.7 Å². The first-order valence-corrected chi connectivity index (χ1v) is 8.11. The van der Waals surface area contributed by atoms with Crippen LogP contribution in [-0.4, -0.2) is 15.0 Å². The maximum atomic E-state index is 5.68. The highest BCUT2D eigenvalue weighted by molar-refractivity contribution is 5.03. The van der Waals surface area contributed by atoms with E-state index in [0.29, 0.717) is 6.54 Å². The third-order valence-corrected chi connectivity index (χ3v) is 5.86. The Kier molecular flexibility index (Phi) is 3.02. The summed E-state index contributed by atoms with van der Waals surface area (Å²) in [4.78, 5) is 13.4.